The van der Waals surface area contributed by atoms with Crippen LogP contribution in [-0.2, 0) is 17.8 Å². The first-order valence-electron chi connectivity index (χ1n) is 9.81. The van der Waals surface area contributed by atoms with E-state index in [9.17, 15) is 4.79 Å². The topological polar surface area (TPSA) is 88.2 Å². The van der Waals surface area contributed by atoms with Gasteiger partial charge in [0.1, 0.15) is 5.60 Å². The van der Waals surface area contributed by atoms with Crippen LogP contribution in [0.3, 0.4) is 0 Å². The summed E-state index contributed by atoms with van der Waals surface area (Å²) in [5.41, 5.74) is 3.22. The highest BCUT2D eigenvalue weighted by Crippen LogP contribution is 2.23. The first-order chi connectivity index (χ1) is 14.4. The molecule has 0 spiro atoms. The number of carbonyl (C=O) groups excluding carboxylic acids is 1. The van der Waals surface area contributed by atoms with Gasteiger partial charge in [-0.3, -0.25) is 5.32 Å². The normalized spacial score (nSPS) is 10.9. The molecule has 1 aromatic heterocycles. The van der Waals surface area contributed by atoms with Crippen molar-refractivity contribution in [3.05, 3.63) is 78.1 Å². The Hall–Kier alpha value is -3.61. The molecule has 3 rings (SSSR count). The third kappa shape index (κ3) is 6.77. The van der Waals surface area contributed by atoms with Crippen LogP contribution in [-0.4, -0.2) is 21.7 Å². The number of nitrogens with one attached hydrogen (secondary N) is 3. The second-order valence-electron chi connectivity index (χ2n) is 7.77. The molecule has 0 fully saturated rings. The predicted molar refractivity (Wildman–Crippen MR) is 119 cm³/mol. The fourth-order valence-corrected chi connectivity index (χ4v) is 2.70. The zero-order valence-corrected chi connectivity index (χ0v) is 17.5. The number of aromatic nitrogens is 2. The molecule has 1 heterocycles. The average molecular weight is 406 g/mol. The van der Waals surface area contributed by atoms with Gasteiger partial charge in [0.25, 0.3) is 0 Å². The third-order valence-corrected chi connectivity index (χ3v) is 4.09. The van der Waals surface area contributed by atoms with Crippen LogP contribution in [0.1, 0.15) is 31.9 Å². The lowest BCUT2D eigenvalue weighted by atomic mass is 10.1. The molecule has 0 atom stereocenters. The molecular formula is C23H27N5O2. The Morgan fingerprint density at radius 3 is 2.00 bits per heavy atom. The van der Waals surface area contributed by atoms with Gasteiger partial charge in [-0.1, -0.05) is 36.4 Å². The van der Waals surface area contributed by atoms with E-state index in [0.717, 1.165) is 16.8 Å². The van der Waals surface area contributed by atoms with E-state index >= 15 is 0 Å². The SMILES string of the molecule is CC(C)(C)OC(=O)Nc1ccccc1NCc1ccc(CNc2ncccn2)cc1. The number of ether oxygens (including phenoxy) is 1. The van der Waals surface area contributed by atoms with Crippen LogP contribution in [0.5, 0.6) is 0 Å². The molecule has 7 nitrogen and oxygen atoms in total. The summed E-state index contributed by atoms with van der Waals surface area (Å²) in [4.78, 5) is 20.4. The van der Waals surface area contributed by atoms with E-state index in [1.54, 1.807) is 18.5 Å². The number of anilines is 3. The summed E-state index contributed by atoms with van der Waals surface area (Å²) in [7, 11) is 0. The fourth-order valence-electron chi connectivity index (χ4n) is 2.70. The number of amides is 1. The molecular weight excluding hydrogens is 378 g/mol. The maximum Gasteiger partial charge on any atom is 0.412 e. The van der Waals surface area contributed by atoms with Crippen LogP contribution in [0, 0.1) is 0 Å². The molecule has 30 heavy (non-hydrogen) atoms. The molecule has 3 aromatic rings. The Morgan fingerprint density at radius 2 is 1.40 bits per heavy atom. The molecule has 0 radical (unpaired) electrons. The van der Waals surface area contributed by atoms with Gasteiger partial charge in [-0.15, -0.1) is 0 Å². The summed E-state index contributed by atoms with van der Waals surface area (Å²) in [6.07, 6.45) is 2.94. The number of para-hydroxylation sites is 2. The molecule has 0 aliphatic heterocycles. The van der Waals surface area contributed by atoms with Crippen LogP contribution in [0.15, 0.2) is 67.0 Å². The van der Waals surface area contributed by atoms with E-state index in [0.29, 0.717) is 24.7 Å². The minimum atomic E-state index is -0.546. The zero-order valence-electron chi connectivity index (χ0n) is 17.5. The standard InChI is InChI=1S/C23H27N5O2/c1-23(2,3)30-22(29)28-20-8-5-4-7-19(20)26-15-17-9-11-18(12-10-17)16-27-21-24-13-6-14-25-21/h4-14,26H,15-16H2,1-3H3,(H,28,29)(H,24,25,27). The molecule has 0 aliphatic carbocycles. The summed E-state index contributed by atoms with van der Waals surface area (Å²) in [5.74, 6) is 0.609. The highest BCUT2D eigenvalue weighted by Gasteiger charge is 2.17. The van der Waals surface area contributed by atoms with Crippen molar-refractivity contribution in [2.75, 3.05) is 16.0 Å². The summed E-state index contributed by atoms with van der Waals surface area (Å²) >= 11 is 0. The summed E-state index contributed by atoms with van der Waals surface area (Å²) in [5, 5.41) is 9.36. The Bertz CT molecular complexity index is 953. The second kappa shape index (κ2) is 9.73. The summed E-state index contributed by atoms with van der Waals surface area (Å²) in [6.45, 7) is 6.79. The maximum absolute atomic E-state index is 12.1. The van der Waals surface area contributed by atoms with Crippen molar-refractivity contribution in [1.29, 1.82) is 0 Å². The Kier molecular flexibility index (Phi) is 6.85. The summed E-state index contributed by atoms with van der Waals surface area (Å²) in [6, 6.07) is 17.6. The van der Waals surface area contributed by atoms with E-state index in [2.05, 4.69) is 50.2 Å². The number of rotatable bonds is 7. The number of benzene rings is 2. The largest absolute Gasteiger partial charge is 0.444 e. The lowest BCUT2D eigenvalue weighted by Crippen LogP contribution is -2.27. The molecule has 7 heteroatoms. The van der Waals surface area contributed by atoms with E-state index in [-0.39, 0.29) is 0 Å². The first-order valence-corrected chi connectivity index (χ1v) is 9.81. The number of carbonyl (C=O) groups is 1. The van der Waals surface area contributed by atoms with E-state index in [1.165, 1.54) is 0 Å². The van der Waals surface area contributed by atoms with Crippen molar-refractivity contribution in [2.45, 2.75) is 39.5 Å². The maximum atomic E-state index is 12.1. The molecule has 0 bridgehead atoms. The first kappa shape index (κ1) is 21.1. The van der Waals surface area contributed by atoms with Gasteiger partial charge in [0.2, 0.25) is 5.95 Å². The van der Waals surface area contributed by atoms with Crippen LogP contribution in [0.25, 0.3) is 0 Å². The highest BCUT2D eigenvalue weighted by atomic mass is 16.6. The third-order valence-electron chi connectivity index (χ3n) is 4.09. The minimum Gasteiger partial charge on any atom is -0.444 e. The van der Waals surface area contributed by atoms with Crippen molar-refractivity contribution in [2.24, 2.45) is 0 Å². The van der Waals surface area contributed by atoms with Gasteiger partial charge < -0.3 is 15.4 Å². The quantitative estimate of drug-likeness (QED) is 0.510. The van der Waals surface area contributed by atoms with Crippen LogP contribution in [0.2, 0.25) is 0 Å². The molecule has 0 saturated heterocycles. The Morgan fingerprint density at radius 1 is 0.833 bits per heavy atom. The van der Waals surface area contributed by atoms with Gasteiger partial charge in [-0.05, 0) is 50.1 Å². The van der Waals surface area contributed by atoms with Gasteiger partial charge in [0.05, 0.1) is 11.4 Å². The second-order valence-corrected chi connectivity index (χ2v) is 7.77. The van der Waals surface area contributed by atoms with Gasteiger partial charge in [0.15, 0.2) is 0 Å². The lowest BCUT2D eigenvalue weighted by Gasteiger charge is -2.20. The van der Waals surface area contributed by atoms with Crippen LogP contribution in [0.4, 0.5) is 22.1 Å². The van der Waals surface area contributed by atoms with E-state index < -0.39 is 11.7 Å². The average Bonchev–Trinajstić information content (AvgIpc) is 2.72. The van der Waals surface area contributed by atoms with Crippen molar-refractivity contribution >= 4 is 23.4 Å². The van der Waals surface area contributed by atoms with E-state index in [4.69, 9.17) is 4.74 Å². The zero-order chi connectivity index (χ0) is 21.4. The van der Waals surface area contributed by atoms with Crippen molar-refractivity contribution < 1.29 is 9.53 Å². The van der Waals surface area contributed by atoms with E-state index in [1.807, 2.05) is 45.0 Å². The summed E-state index contributed by atoms with van der Waals surface area (Å²) < 4.78 is 5.33. The molecule has 2 aromatic carbocycles. The monoisotopic (exact) mass is 405 g/mol. The van der Waals surface area contributed by atoms with Crippen molar-refractivity contribution in [3.63, 3.8) is 0 Å². The van der Waals surface area contributed by atoms with Gasteiger partial charge >= 0.3 is 6.09 Å². The van der Waals surface area contributed by atoms with Crippen molar-refractivity contribution in [1.82, 2.24) is 9.97 Å². The Labute approximate surface area is 176 Å². The lowest BCUT2D eigenvalue weighted by molar-refractivity contribution is 0.0636. The smallest absolute Gasteiger partial charge is 0.412 e. The van der Waals surface area contributed by atoms with Crippen molar-refractivity contribution in [3.8, 4) is 0 Å². The molecule has 1 amide bonds. The van der Waals surface area contributed by atoms with Crippen LogP contribution < -0.4 is 16.0 Å². The highest BCUT2D eigenvalue weighted by molar-refractivity contribution is 5.89. The number of nitrogens with zero attached hydrogens (tertiary/aromatic N) is 2. The predicted octanol–water partition coefficient (Wildman–Crippen LogP) is 5.05. The number of hydrogen-bond acceptors (Lipinski definition) is 6. The Balaban J connectivity index is 1.55. The molecule has 156 valence electrons. The van der Waals surface area contributed by atoms with Gasteiger partial charge in [-0.25, -0.2) is 14.8 Å². The molecule has 0 unspecified atom stereocenters. The van der Waals surface area contributed by atoms with Gasteiger partial charge in [0, 0.05) is 25.5 Å². The molecule has 0 saturated carbocycles. The number of hydrogen-bond donors (Lipinski definition) is 3. The van der Waals surface area contributed by atoms with Crippen LogP contribution >= 0.6 is 0 Å². The molecule has 0 aliphatic rings. The van der Waals surface area contributed by atoms with Gasteiger partial charge in [-0.2, -0.15) is 0 Å². The fraction of sp³-hybridized carbons (Fsp3) is 0.261. The minimum absolute atomic E-state index is 0.476. The molecule has 3 N–H and O–H groups in total.